The van der Waals surface area contributed by atoms with E-state index in [1.165, 1.54) is 12.8 Å². The normalized spacial score (nSPS) is 14.9. The van der Waals surface area contributed by atoms with Crippen LogP contribution in [-0.4, -0.2) is 43.4 Å². The first-order valence-corrected chi connectivity index (χ1v) is 14.1. The SMILES string of the molecule is CCCCCCOc1ccc(C(=O)NC(=S)Nc2ccc(S(=O)(=O)N3CCC(C)CC3)cc2)cc1. The van der Waals surface area contributed by atoms with Gasteiger partial charge in [-0.1, -0.05) is 33.1 Å². The number of nitrogens with zero attached hydrogens (tertiary/aromatic N) is 1. The second-order valence-electron chi connectivity index (χ2n) is 8.95. The van der Waals surface area contributed by atoms with E-state index in [-0.39, 0.29) is 15.9 Å². The molecule has 35 heavy (non-hydrogen) atoms. The maximum absolute atomic E-state index is 12.9. The maximum Gasteiger partial charge on any atom is 0.257 e. The zero-order valence-corrected chi connectivity index (χ0v) is 22.1. The summed E-state index contributed by atoms with van der Waals surface area (Å²) in [5.41, 5.74) is 1.05. The van der Waals surface area contributed by atoms with Crippen molar-refractivity contribution in [2.75, 3.05) is 25.0 Å². The third-order valence-corrected chi connectivity index (χ3v) is 8.22. The Morgan fingerprint density at radius 2 is 1.69 bits per heavy atom. The Morgan fingerprint density at radius 1 is 1.03 bits per heavy atom. The highest BCUT2D eigenvalue weighted by Gasteiger charge is 2.27. The van der Waals surface area contributed by atoms with Gasteiger partial charge in [0.2, 0.25) is 10.0 Å². The molecule has 2 aromatic carbocycles. The Labute approximate surface area is 214 Å². The fraction of sp³-hybridized carbons (Fsp3) is 0.462. The number of hydrogen-bond acceptors (Lipinski definition) is 5. The first kappa shape index (κ1) is 27.1. The third-order valence-electron chi connectivity index (χ3n) is 6.10. The number of thiocarbonyl (C=S) groups is 1. The predicted molar refractivity (Wildman–Crippen MR) is 143 cm³/mol. The van der Waals surface area contributed by atoms with Crippen molar-refractivity contribution in [3.8, 4) is 5.75 Å². The molecular formula is C26H35N3O4S2. The van der Waals surface area contributed by atoms with E-state index in [9.17, 15) is 13.2 Å². The van der Waals surface area contributed by atoms with Gasteiger partial charge in [-0.3, -0.25) is 10.1 Å². The van der Waals surface area contributed by atoms with Crippen LogP contribution in [0.3, 0.4) is 0 Å². The molecule has 0 spiro atoms. The molecule has 1 saturated heterocycles. The molecule has 7 nitrogen and oxygen atoms in total. The molecule has 0 aromatic heterocycles. The van der Waals surface area contributed by atoms with E-state index in [1.807, 2.05) is 0 Å². The topological polar surface area (TPSA) is 87.7 Å². The predicted octanol–water partition coefficient (Wildman–Crippen LogP) is 5.19. The number of carbonyl (C=O) groups excluding carboxylic acids is 1. The van der Waals surface area contributed by atoms with Gasteiger partial charge in [-0.15, -0.1) is 0 Å². The van der Waals surface area contributed by atoms with Gasteiger partial charge >= 0.3 is 0 Å². The molecule has 0 saturated carbocycles. The summed E-state index contributed by atoms with van der Waals surface area (Å²) in [4.78, 5) is 12.8. The molecule has 2 N–H and O–H groups in total. The largest absolute Gasteiger partial charge is 0.494 e. The van der Waals surface area contributed by atoms with Gasteiger partial charge < -0.3 is 10.1 Å². The van der Waals surface area contributed by atoms with E-state index in [1.54, 1.807) is 52.8 Å². The number of rotatable bonds is 10. The average Bonchev–Trinajstić information content (AvgIpc) is 2.85. The Morgan fingerprint density at radius 3 is 2.31 bits per heavy atom. The molecule has 0 aliphatic carbocycles. The molecule has 0 atom stereocenters. The fourth-order valence-corrected chi connectivity index (χ4v) is 5.52. The fourth-order valence-electron chi connectivity index (χ4n) is 3.84. The Kier molecular flexibility index (Phi) is 10.1. The Balaban J connectivity index is 1.49. The first-order chi connectivity index (χ1) is 16.8. The van der Waals surface area contributed by atoms with Gasteiger partial charge in [0.05, 0.1) is 11.5 Å². The number of unbranched alkanes of at least 4 members (excludes halogenated alkanes) is 3. The van der Waals surface area contributed by atoms with Crippen molar-refractivity contribution >= 4 is 38.9 Å². The third kappa shape index (κ3) is 8.02. The highest BCUT2D eigenvalue weighted by atomic mass is 32.2. The van der Waals surface area contributed by atoms with Gasteiger partial charge in [0, 0.05) is 24.3 Å². The Hall–Kier alpha value is -2.49. The van der Waals surface area contributed by atoms with Crippen LogP contribution in [0.1, 0.15) is 62.7 Å². The molecule has 1 aliphatic heterocycles. The van der Waals surface area contributed by atoms with Crippen molar-refractivity contribution in [3.05, 3.63) is 54.1 Å². The van der Waals surface area contributed by atoms with Crippen LogP contribution in [0.5, 0.6) is 5.75 Å². The second-order valence-corrected chi connectivity index (χ2v) is 11.3. The summed E-state index contributed by atoms with van der Waals surface area (Å²) in [6.07, 6.45) is 6.31. The van der Waals surface area contributed by atoms with Crippen LogP contribution in [0.25, 0.3) is 0 Å². The lowest BCUT2D eigenvalue weighted by atomic mass is 10.0. The number of amides is 1. The van der Waals surface area contributed by atoms with Gasteiger partial charge in [-0.05, 0) is 85.9 Å². The van der Waals surface area contributed by atoms with Gasteiger partial charge in [-0.25, -0.2) is 8.42 Å². The van der Waals surface area contributed by atoms with E-state index < -0.39 is 10.0 Å². The average molecular weight is 518 g/mol. The number of anilines is 1. The van der Waals surface area contributed by atoms with Crippen molar-refractivity contribution in [2.24, 2.45) is 5.92 Å². The lowest BCUT2D eigenvalue weighted by Gasteiger charge is -2.29. The summed E-state index contributed by atoms with van der Waals surface area (Å²) in [5, 5.41) is 5.71. The van der Waals surface area contributed by atoms with E-state index >= 15 is 0 Å². The number of nitrogens with one attached hydrogen (secondary N) is 2. The molecule has 1 aliphatic rings. The summed E-state index contributed by atoms with van der Waals surface area (Å²) in [6, 6.07) is 13.3. The van der Waals surface area contributed by atoms with Crippen molar-refractivity contribution in [1.82, 2.24) is 9.62 Å². The van der Waals surface area contributed by atoms with Crippen LogP contribution in [0, 0.1) is 5.92 Å². The van der Waals surface area contributed by atoms with Crippen LogP contribution in [0.4, 0.5) is 5.69 Å². The van der Waals surface area contributed by atoms with Crippen LogP contribution in [0.2, 0.25) is 0 Å². The molecule has 1 fully saturated rings. The number of hydrogen-bond donors (Lipinski definition) is 2. The molecule has 190 valence electrons. The molecule has 0 radical (unpaired) electrons. The molecule has 2 aromatic rings. The smallest absolute Gasteiger partial charge is 0.257 e. The van der Waals surface area contributed by atoms with Gasteiger partial charge in [0.1, 0.15) is 5.75 Å². The minimum atomic E-state index is -3.51. The minimum Gasteiger partial charge on any atom is -0.494 e. The minimum absolute atomic E-state index is 0.131. The number of carbonyl (C=O) groups is 1. The quantitative estimate of drug-likeness (QED) is 0.333. The van der Waals surface area contributed by atoms with Crippen molar-refractivity contribution in [3.63, 3.8) is 0 Å². The highest BCUT2D eigenvalue weighted by Crippen LogP contribution is 2.24. The second kappa shape index (κ2) is 13.0. The molecule has 9 heteroatoms. The van der Waals surface area contributed by atoms with Crippen molar-refractivity contribution in [2.45, 2.75) is 57.3 Å². The van der Waals surface area contributed by atoms with E-state index in [0.717, 1.165) is 31.4 Å². The number of piperidine rings is 1. The summed E-state index contributed by atoms with van der Waals surface area (Å²) < 4.78 is 33.0. The Bertz CT molecular complexity index is 1080. The molecular weight excluding hydrogens is 482 g/mol. The van der Waals surface area contributed by atoms with Crippen LogP contribution in [0.15, 0.2) is 53.4 Å². The van der Waals surface area contributed by atoms with Crippen LogP contribution >= 0.6 is 12.2 Å². The van der Waals surface area contributed by atoms with Crippen LogP contribution < -0.4 is 15.4 Å². The van der Waals surface area contributed by atoms with Crippen molar-refractivity contribution in [1.29, 1.82) is 0 Å². The summed E-state index contributed by atoms with van der Waals surface area (Å²) in [5.74, 6) is 0.944. The lowest BCUT2D eigenvalue weighted by molar-refractivity contribution is 0.0977. The molecule has 1 amide bonds. The highest BCUT2D eigenvalue weighted by molar-refractivity contribution is 7.89. The number of ether oxygens (including phenoxy) is 1. The summed E-state index contributed by atoms with van der Waals surface area (Å²) in [7, 11) is -3.51. The summed E-state index contributed by atoms with van der Waals surface area (Å²) >= 11 is 5.26. The standard InChI is InChI=1S/C26H35N3O4S2/c1-3-4-5-6-19-33-23-11-7-21(8-12-23)25(30)28-26(34)27-22-9-13-24(14-10-22)35(31,32)29-17-15-20(2)16-18-29/h7-14,20H,3-6,15-19H2,1-2H3,(H2,27,28,30,34). The van der Waals surface area contributed by atoms with Gasteiger partial charge in [0.15, 0.2) is 5.11 Å². The van der Waals surface area contributed by atoms with E-state index in [2.05, 4.69) is 24.5 Å². The molecule has 1 heterocycles. The molecule has 0 bridgehead atoms. The van der Waals surface area contributed by atoms with Crippen molar-refractivity contribution < 1.29 is 17.9 Å². The summed E-state index contributed by atoms with van der Waals surface area (Å²) in [6.45, 7) is 6.08. The zero-order valence-electron chi connectivity index (χ0n) is 20.5. The number of sulfonamides is 1. The zero-order chi connectivity index (χ0) is 25.3. The first-order valence-electron chi connectivity index (χ1n) is 12.2. The lowest BCUT2D eigenvalue weighted by Crippen LogP contribution is -2.37. The van der Waals surface area contributed by atoms with Crippen LogP contribution in [-0.2, 0) is 10.0 Å². The number of benzene rings is 2. The van der Waals surface area contributed by atoms with E-state index in [0.29, 0.717) is 36.9 Å². The maximum atomic E-state index is 12.9. The monoisotopic (exact) mass is 517 g/mol. The van der Waals surface area contributed by atoms with Gasteiger partial charge in [-0.2, -0.15) is 4.31 Å². The van der Waals surface area contributed by atoms with Gasteiger partial charge in [0.25, 0.3) is 5.91 Å². The molecule has 3 rings (SSSR count). The van der Waals surface area contributed by atoms with E-state index in [4.69, 9.17) is 17.0 Å². The molecule has 0 unspecified atom stereocenters.